The highest BCUT2D eigenvalue weighted by Gasteiger charge is 2.44. The van der Waals surface area contributed by atoms with E-state index in [4.69, 9.17) is 4.94 Å². The first-order valence-electron chi connectivity index (χ1n) is 10.6. The highest BCUT2D eigenvalue weighted by Crippen LogP contribution is 2.38. The van der Waals surface area contributed by atoms with E-state index in [0.717, 1.165) is 35.4 Å². The van der Waals surface area contributed by atoms with Crippen molar-refractivity contribution in [1.29, 1.82) is 0 Å². The van der Waals surface area contributed by atoms with Gasteiger partial charge in [0.25, 0.3) is 5.69 Å². The molecule has 1 aliphatic rings. The molecule has 3 rings (SSSR count). The quantitative estimate of drug-likeness (QED) is 0.216. The van der Waals surface area contributed by atoms with Crippen LogP contribution >= 0.6 is 11.8 Å². The van der Waals surface area contributed by atoms with E-state index in [1.54, 1.807) is 23.9 Å². The van der Waals surface area contributed by atoms with Gasteiger partial charge in [-0.3, -0.25) is 15.1 Å². The molecule has 0 radical (unpaired) electrons. The van der Waals surface area contributed by atoms with E-state index in [-0.39, 0.29) is 16.8 Å². The smallest absolute Gasteiger partial charge is 0.269 e. The Bertz CT molecular complexity index is 922. The first kappa shape index (κ1) is 23.3. The molecule has 0 amide bonds. The second-order valence-corrected chi connectivity index (χ2v) is 10.3. The van der Waals surface area contributed by atoms with Gasteiger partial charge >= 0.3 is 0 Å². The highest BCUT2D eigenvalue weighted by atomic mass is 32.2. The zero-order valence-electron chi connectivity index (χ0n) is 18.9. The Kier molecular flexibility index (Phi) is 7.06. The van der Waals surface area contributed by atoms with Crippen molar-refractivity contribution in [3.63, 3.8) is 0 Å². The monoisotopic (exact) mass is 441 g/mol. The molecule has 0 bridgehead atoms. The summed E-state index contributed by atoms with van der Waals surface area (Å²) in [6.07, 6.45) is 3.23. The fraction of sp³-hybridized carbons (Fsp3) is 0.458. The number of hydroxylamine groups is 2. The fourth-order valence-electron chi connectivity index (χ4n) is 4.01. The normalized spacial score (nSPS) is 18.5. The molecule has 1 heterocycles. The van der Waals surface area contributed by atoms with Gasteiger partial charge in [0.1, 0.15) is 0 Å². The molecule has 166 valence electrons. The SMILES string of the molecule is Cc1ccc(SC/C(=N\ON2C(C)(C)CCCC2(C)C)c2ccc([N+](=O)[O-])cc2)cc1. The molecule has 1 aliphatic heterocycles. The molecule has 0 unspecified atom stereocenters. The van der Waals surface area contributed by atoms with Gasteiger partial charge in [-0.1, -0.05) is 22.9 Å². The zero-order chi connectivity index (χ0) is 22.6. The Morgan fingerprint density at radius 1 is 1.06 bits per heavy atom. The molecule has 0 aromatic heterocycles. The van der Waals surface area contributed by atoms with Crippen molar-refractivity contribution in [3.8, 4) is 0 Å². The van der Waals surface area contributed by atoms with Crippen LogP contribution in [-0.4, -0.2) is 32.5 Å². The predicted molar refractivity (Wildman–Crippen MR) is 126 cm³/mol. The molecule has 31 heavy (non-hydrogen) atoms. The minimum absolute atomic E-state index is 0.0634. The number of rotatable bonds is 7. The van der Waals surface area contributed by atoms with Crippen molar-refractivity contribution in [2.24, 2.45) is 5.16 Å². The van der Waals surface area contributed by atoms with Gasteiger partial charge in [0, 0.05) is 28.3 Å². The Labute approximate surface area is 188 Å². The number of hydrogen-bond donors (Lipinski definition) is 0. The summed E-state index contributed by atoms with van der Waals surface area (Å²) in [5.74, 6) is 0.593. The minimum atomic E-state index is -0.392. The highest BCUT2D eigenvalue weighted by molar-refractivity contribution is 8.00. The van der Waals surface area contributed by atoms with Crippen molar-refractivity contribution in [1.82, 2.24) is 5.06 Å². The van der Waals surface area contributed by atoms with E-state index in [1.165, 1.54) is 17.7 Å². The largest absolute Gasteiger partial charge is 0.296 e. The van der Waals surface area contributed by atoms with Gasteiger partial charge in [0.15, 0.2) is 0 Å². The second kappa shape index (κ2) is 9.40. The Morgan fingerprint density at radius 3 is 2.19 bits per heavy atom. The lowest BCUT2D eigenvalue weighted by Gasteiger charge is -2.49. The van der Waals surface area contributed by atoms with Crippen LogP contribution in [0, 0.1) is 17.0 Å². The van der Waals surface area contributed by atoms with Crippen molar-refractivity contribution >= 4 is 23.2 Å². The molecule has 2 aromatic rings. The van der Waals surface area contributed by atoms with E-state index >= 15 is 0 Å². The number of non-ortho nitro benzene ring substituents is 1. The minimum Gasteiger partial charge on any atom is -0.296 e. The number of hydrogen-bond acceptors (Lipinski definition) is 6. The van der Waals surface area contributed by atoms with Gasteiger partial charge < -0.3 is 0 Å². The maximum atomic E-state index is 11.0. The van der Waals surface area contributed by atoms with Crippen molar-refractivity contribution in [3.05, 3.63) is 69.8 Å². The average Bonchev–Trinajstić information content (AvgIpc) is 2.70. The average molecular weight is 442 g/mol. The zero-order valence-corrected chi connectivity index (χ0v) is 19.7. The van der Waals surface area contributed by atoms with Gasteiger partial charge in [-0.15, -0.1) is 16.8 Å². The van der Waals surface area contributed by atoms with Crippen LogP contribution in [0.15, 0.2) is 58.6 Å². The first-order valence-corrected chi connectivity index (χ1v) is 11.6. The molecule has 1 saturated heterocycles. The molecule has 6 nitrogen and oxygen atoms in total. The van der Waals surface area contributed by atoms with Crippen LogP contribution in [0.1, 0.15) is 58.1 Å². The number of oxime groups is 1. The standard InChI is InChI=1S/C24H31N3O3S/c1-18-7-13-21(14-8-18)31-17-22(19-9-11-20(12-10-19)26(28)29)25-30-27-23(2,3)15-6-16-24(27,4)5/h7-14H,6,15-17H2,1-5H3/b25-22+. The van der Waals surface area contributed by atoms with E-state index in [9.17, 15) is 10.1 Å². The number of piperidine rings is 1. The number of benzene rings is 2. The number of nitrogens with zero attached hydrogens (tertiary/aromatic N) is 3. The molecule has 0 atom stereocenters. The molecular formula is C24H31N3O3S. The molecule has 0 saturated carbocycles. The molecular weight excluding hydrogens is 410 g/mol. The summed E-state index contributed by atoms with van der Waals surface area (Å²) in [7, 11) is 0. The summed E-state index contributed by atoms with van der Waals surface area (Å²) in [5, 5.41) is 17.6. The lowest BCUT2D eigenvalue weighted by molar-refractivity contribution is -0.384. The van der Waals surface area contributed by atoms with Crippen molar-refractivity contribution in [2.75, 3.05) is 5.75 Å². The van der Waals surface area contributed by atoms with Gasteiger partial charge in [0.05, 0.1) is 21.7 Å². The van der Waals surface area contributed by atoms with E-state index in [0.29, 0.717) is 5.75 Å². The molecule has 0 N–H and O–H groups in total. The number of aryl methyl sites for hydroxylation is 1. The van der Waals surface area contributed by atoms with Crippen molar-refractivity contribution in [2.45, 2.75) is 69.9 Å². The van der Waals surface area contributed by atoms with Crippen molar-refractivity contribution < 1.29 is 9.86 Å². The van der Waals surface area contributed by atoms with Gasteiger partial charge in [-0.2, -0.15) is 0 Å². The second-order valence-electron chi connectivity index (χ2n) is 9.30. The lowest BCUT2D eigenvalue weighted by Crippen LogP contribution is -2.57. The molecule has 7 heteroatoms. The summed E-state index contributed by atoms with van der Waals surface area (Å²) in [6.45, 7) is 10.8. The summed E-state index contributed by atoms with van der Waals surface area (Å²) >= 11 is 1.67. The summed E-state index contributed by atoms with van der Waals surface area (Å²) in [4.78, 5) is 17.9. The molecule has 1 fully saturated rings. The molecule has 0 aliphatic carbocycles. The van der Waals surface area contributed by atoms with Crippen LogP contribution in [0.4, 0.5) is 5.69 Å². The van der Waals surface area contributed by atoms with E-state index in [2.05, 4.69) is 64.0 Å². The number of thioether (sulfide) groups is 1. The van der Waals surface area contributed by atoms with Crippen LogP contribution in [0.25, 0.3) is 0 Å². The predicted octanol–water partition coefficient (Wildman–Crippen LogP) is 6.37. The van der Waals surface area contributed by atoms with Crippen LogP contribution in [0.5, 0.6) is 0 Å². The van der Waals surface area contributed by atoms with Crippen LogP contribution < -0.4 is 0 Å². The number of nitro benzene ring substituents is 1. The third-order valence-electron chi connectivity index (χ3n) is 5.72. The maximum Gasteiger partial charge on any atom is 0.269 e. The third kappa shape index (κ3) is 5.86. The number of nitro groups is 1. The maximum absolute atomic E-state index is 11.0. The van der Waals surface area contributed by atoms with E-state index in [1.807, 2.05) is 5.06 Å². The van der Waals surface area contributed by atoms with Crippen LogP contribution in [0.3, 0.4) is 0 Å². The van der Waals surface area contributed by atoms with Crippen LogP contribution in [0.2, 0.25) is 0 Å². The topological polar surface area (TPSA) is 68.0 Å². The lowest BCUT2D eigenvalue weighted by atomic mass is 9.82. The van der Waals surface area contributed by atoms with E-state index < -0.39 is 4.92 Å². The summed E-state index contributed by atoms with van der Waals surface area (Å²) < 4.78 is 0. The Morgan fingerprint density at radius 2 is 1.65 bits per heavy atom. The summed E-state index contributed by atoms with van der Waals surface area (Å²) in [5.41, 5.74) is 2.58. The molecule has 2 aromatic carbocycles. The Balaban J connectivity index is 1.86. The summed E-state index contributed by atoms with van der Waals surface area (Å²) in [6, 6.07) is 14.8. The fourth-order valence-corrected chi connectivity index (χ4v) is 4.86. The third-order valence-corrected chi connectivity index (χ3v) is 6.74. The van der Waals surface area contributed by atoms with Gasteiger partial charge in [-0.05, 0) is 78.1 Å². The Hall–Kier alpha value is -2.38. The molecule has 0 spiro atoms. The van der Waals surface area contributed by atoms with Crippen LogP contribution in [-0.2, 0) is 4.94 Å². The van der Waals surface area contributed by atoms with Gasteiger partial charge in [-0.25, -0.2) is 0 Å². The van der Waals surface area contributed by atoms with Gasteiger partial charge in [0.2, 0.25) is 0 Å². The first-order chi connectivity index (χ1) is 14.6.